The summed E-state index contributed by atoms with van der Waals surface area (Å²) in [6.45, 7) is 5.43. The second kappa shape index (κ2) is 9.64. The molecule has 0 spiro atoms. The predicted molar refractivity (Wildman–Crippen MR) is 99.3 cm³/mol. The Kier molecular flexibility index (Phi) is 7.53. The van der Waals surface area contributed by atoms with Crippen molar-refractivity contribution in [2.45, 2.75) is 12.8 Å². The van der Waals surface area contributed by atoms with Crippen molar-refractivity contribution in [1.29, 1.82) is 0 Å². The first kappa shape index (κ1) is 18.7. The zero-order chi connectivity index (χ0) is 17.4. The molecule has 0 aliphatic carbocycles. The van der Waals surface area contributed by atoms with Gasteiger partial charge in [0.15, 0.2) is 0 Å². The van der Waals surface area contributed by atoms with E-state index < -0.39 is 0 Å². The Hall–Kier alpha value is -1.59. The van der Waals surface area contributed by atoms with Gasteiger partial charge in [-0.25, -0.2) is 4.79 Å². The maximum Gasteiger partial charge on any atom is 0.317 e. The highest BCUT2D eigenvalue weighted by atomic mass is 16.2. The second-order valence-electron chi connectivity index (χ2n) is 7.13. The molecule has 1 saturated heterocycles. The number of amides is 2. The summed E-state index contributed by atoms with van der Waals surface area (Å²) in [5, 5.41) is 3.06. The van der Waals surface area contributed by atoms with E-state index in [1.54, 1.807) is 0 Å². The lowest BCUT2D eigenvalue weighted by Gasteiger charge is -2.21. The van der Waals surface area contributed by atoms with Crippen LogP contribution in [0.5, 0.6) is 0 Å². The van der Waals surface area contributed by atoms with E-state index in [9.17, 15) is 4.79 Å². The summed E-state index contributed by atoms with van der Waals surface area (Å²) in [7, 11) is 6.29. The lowest BCUT2D eigenvalue weighted by molar-refractivity contribution is 0.203. The number of nitrogens with one attached hydrogen (secondary N) is 1. The van der Waals surface area contributed by atoms with Crippen molar-refractivity contribution in [1.82, 2.24) is 20.0 Å². The van der Waals surface area contributed by atoms with Gasteiger partial charge in [-0.1, -0.05) is 30.3 Å². The number of benzene rings is 1. The summed E-state index contributed by atoms with van der Waals surface area (Å²) in [5.41, 5.74) is 1.36. The van der Waals surface area contributed by atoms with Crippen molar-refractivity contribution in [3.63, 3.8) is 0 Å². The first-order chi connectivity index (χ1) is 11.5. The highest BCUT2D eigenvalue weighted by molar-refractivity contribution is 5.74. The number of urea groups is 1. The topological polar surface area (TPSA) is 38.8 Å². The first-order valence-corrected chi connectivity index (χ1v) is 8.94. The van der Waals surface area contributed by atoms with Gasteiger partial charge in [0.2, 0.25) is 0 Å². The maximum absolute atomic E-state index is 12.2. The van der Waals surface area contributed by atoms with Crippen LogP contribution in [0.4, 0.5) is 4.79 Å². The molecule has 2 amide bonds. The SMILES string of the molecule is CN(C)C[C@@H]1CCN(C(=O)NCCN(C)CCc2ccccc2)C1. The molecule has 5 nitrogen and oxygen atoms in total. The van der Waals surface area contributed by atoms with Crippen LogP contribution in [0.3, 0.4) is 0 Å². The Labute approximate surface area is 146 Å². The van der Waals surface area contributed by atoms with Crippen LogP contribution < -0.4 is 5.32 Å². The Bertz CT molecular complexity index is 491. The minimum Gasteiger partial charge on any atom is -0.337 e. The Morgan fingerprint density at radius 2 is 1.96 bits per heavy atom. The Morgan fingerprint density at radius 1 is 1.21 bits per heavy atom. The van der Waals surface area contributed by atoms with Crippen LogP contribution >= 0.6 is 0 Å². The number of carbonyl (C=O) groups is 1. The van der Waals surface area contributed by atoms with E-state index in [0.29, 0.717) is 12.5 Å². The molecule has 0 bridgehead atoms. The van der Waals surface area contributed by atoms with E-state index in [0.717, 1.165) is 45.6 Å². The van der Waals surface area contributed by atoms with Gasteiger partial charge in [0, 0.05) is 39.3 Å². The third kappa shape index (κ3) is 6.49. The van der Waals surface area contributed by atoms with Crippen LogP contribution in [-0.2, 0) is 6.42 Å². The average molecular weight is 332 g/mol. The molecule has 1 aromatic rings. The number of hydrogen-bond acceptors (Lipinski definition) is 3. The molecule has 1 heterocycles. The molecule has 24 heavy (non-hydrogen) atoms. The van der Waals surface area contributed by atoms with Crippen molar-refractivity contribution in [3.05, 3.63) is 35.9 Å². The van der Waals surface area contributed by atoms with Gasteiger partial charge in [-0.2, -0.15) is 0 Å². The van der Waals surface area contributed by atoms with Gasteiger partial charge in [0.25, 0.3) is 0 Å². The number of likely N-dealkylation sites (N-methyl/N-ethyl adjacent to an activating group) is 1. The largest absolute Gasteiger partial charge is 0.337 e. The molecule has 0 aromatic heterocycles. The summed E-state index contributed by atoms with van der Waals surface area (Å²) in [5.74, 6) is 0.610. The van der Waals surface area contributed by atoms with Crippen LogP contribution in [-0.4, -0.2) is 81.1 Å². The molecule has 1 aliphatic rings. The molecule has 1 fully saturated rings. The molecule has 134 valence electrons. The van der Waals surface area contributed by atoms with Crippen LogP contribution in [0, 0.1) is 5.92 Å². The highest BCUT2D eigenvalue weighted by Gasteiger charge is 2.26. The van der Waals surface area contributed by atoms with E-state index in [2.05, 4.69) is 60.5 Å². The fourth-order valence-corrected chi connectivity index (χ4v) is 3.22. The van der Waals surface area contributed by atoms with Gasteiger partial charge in [-0.05, 0) is 45.5 Å². The van der Waals surface area contributed by atoms with Gasteiger partial charge >= 0.3 is 6.03 Å². The zero-order valence-electron chi connectivity index (χ0n) is 15.4. The number of hydrogen-bond donors (Lipinski definition) is 1. The smallest absolute Gasteiger partial charge is 0.317 e. The fourth-order valence-electron chi connectivity index (χ4n) is 3.22. The van der Waals surface area contributed by atoms with Gasteiger partial charge in [0.1, 0.15) is 0 Å². The van der Waals surface area contributed by atoms with Crippen molar-refractivity contribution >= 4 is 6.03 Å². The molecule has 0 saturated carbocycles. The molecule has 0 radical (unpaired) electrons. The first-order valence-electron chi connectivity index (χ1n) is 8.94. The van der Waals surface area contributed by atoms with Crippen molar-refractivity contribution in [2.75, 3.05) is 60.4 Å². The Morgan fingerprint density at radius 3 is 2.67 bits per heavy atom. The minimum absolute atomic E-state index is 0.0905. The molecule has 1 aromatic carbocycles. The summed E-state index contributed by atoms with van der Waals surface area (Å²) >= 11 is 0. The van der Waals surface area contributed by atoms with E-state index in [-0.39, 0.29) is 6.03 Å². The van der Waals surface area contributed by atoms with Crippen LogP contribution in [0.2, 0.25) is 0 Å². The fraction of sp³-hybridized carbons (Fsp3) is 0.632. The number of likely N-dealkylation sites (tertiary alicyclic amines) is 1. The lowest BCUT2D eigenvalue weighted by atomic mass is 10.1. The van der Waals surface area contributed by atoms with Crippen molar-refractivity contribution in [2.24, 2.45) is 5.92 Å². The molecular weight excluding hydrogens is 300 g/mol. The highest BCUT2D eigenvalue weighted by Crippen LogP contribution is 2.16. The number of rotatable bonds is 8. The Balaban J connectivity index is 1.59. The zero-order valence-corrected chi connectivity index (χ0v) is 15.4. The van der Waals surface area contributed by atoms with E-state index >= 15 is 0 Å². The summed E-state index contributed by atoms with van der Waals surface area (Å²) in [6.07, 6.45) is 2.16. The molecule has 0 unspecified atom stereocenters. The minimum atomic E-state index is 0.0905. The van der Waals surface area contributed by atoms with Crippen LogP contribution in [0.25, 0.3) is 0 Å². The predicted octanol–water partition coefficient (Wildman–Crippen LogP) is 1.75. The van der Waals surface area contributed by atoms with E-state index in [1.807, 2.05) is 11.0 Å². The lowest BCUT2D eigenvalue weighted by Crippen LogP contribution is -2.42. The molecule has 2 rings (SSSR count). The monoisotopic (exact) mass is 332 g/mol. The van der Waals surface area contributed by atoms with Crippen molar-refractivity contribution in [3.8, 4) is 0 Å². The normalized spacial score (nSPS) is 17.7. The van der Waals surface area contributed by atoms with Gasteiger partial charge < -0.3 is 20.0 Å². The molecule has 1 aliphatic heterocycles. The molecule has 5 heteroatoms. The molecule has 1 atom stereocenters. The van der Waals surface area contributed by atoms with E-state index in [4.69, 9.17) is 0 Å². The average Bonchev–Trinajstić information content (AvgIpc) is 3.01. The quantitative estimate of drug-likeness (QED) is 0.788. The second-order valence-corrected chi connectivity index (χ2v) is 7.13. The van der Waals surface area contributed by atoms with Gasteiger partial charge in [-0.3, -0.25) is 0 Å². The number of nitrogens with zero attached hydrogens (tertiary/aromatic N) is 3. The third-order valence-corrected chi connectivity index (χ3v) is 4.59. The van der Waals surface area contributed by atoms with Crippen LogP contribution in [0.1, 0.15) is 12.0 Å². The van der Waals surface area contributed by atoms with Gasteiger partial charge in [-0.15, -0.1) is 0 Å². The number of carbonyl (C=O) groups excluding carboxylic acids is 1. The maximum atomic E-state index is 12.2. The molecular formula is C19H32N4O. The van der Waals surface area contributed by atoms with Gasteiger partial charge in [0.05, 0.1) is 0 Å². The third-order valence-electron chi connectivity index (χ3n) is 4.59. The summed E-state index contributed by atoms with van der Waals surface area (Å²) < 4.78 is 0. The summed E-state index contributed by atoms with van der Waals surface area (Å²) in [6, 6.07) is 10.6. The molecule has 1 N–H and O–H groups in total. The van der Waals surface area contributed by atoms with Crippen LogP contribution in [0.15, 0.2) is 30.3 Å². The standard InChI is InChI=1S/C19H32N4O/c1-21(2)15-18-10-13-23(16-18)19(24)20-11-14-22(3)12-9-17-7-5-4-6-8-17/h4-8,18H,9-16H2,1-3H3,(H,20,24)/t18-/m0/s1. The summed E-state index contributed by atoms with van der Waals surface area (Å²) in [4.78, 5) is 18.6. The van der Waals surface area contributed by atoms with Crippen molar-refractivity contribution < 1.29 is 4.79 Å². The van der Waals surface area contributed by atoms with E-state index in [1.165, 1.54) is 5.56 Å².